The average molecular weight is 379 g/mol. The molecule has 4 rings (SSSR count). The molecule has 2 aliphatic heterocycles. The van der Waals surface area contributed by atoms with Gasteiger partial charge in [0.1, 0.15) is 17.1 Å². The molecule has 146 valence electrons. The van der Waals surface area contributed by atoms with E-state index in [9.17, 15) is 9.59 Å². The third-order valence-corrected chi connectivity index (χ3v) is 5.73. The summed E-state index contributed by atoms with van der Waals surface area (Å²) in [5.74, 6) is 1.53. The van der Waals surface area contributed by atoms with E-state index in [2.05, 4.69) is 6.92 Å². The van der Waals surface area contributed by atoms with Crippen molar-refractivity contribution >= 4 is 11.7 Å². The summed E-state index contributed by atoms with van der Waals surface area (Å²) < 4.78 is 12.0. The molecule has 1 amide bonds. The first kappa shape index (κ1) is 18.5. The number of ether oxygens (including phenoxy) is 2. The van der Waals surface area contributed by atoms with Crippen LogP contribution in [0.1, 0.15) is 42.1 Å². The van der Waals surface area contributed by atoms with Crippen molar-refractivity contribution in [2.75, 3.05) is 19.7 Å². The van der Waals surface area contributed by atoms with Crippen LogP contribution in [0, 0.1) is 0 Å². The number of ketones is 1. The number of nitrogens with zero attached hydrogens (tertiary/aromatic N) is 1. The molecule has 1 spiro atoms. The van der Waals surface area contributed by atoms with Crippen molar-refractivity contribution < 1.29 is 19.1 Å². The van der Waals surface area contributed by atoms with Gasteiger partial charge in [0.05, 0.1) is 12.0 Å². The lowest BCUT2D eigenvalue weighted by atomic mass is 9.82. The van der Waals surface area contributed by atoms with E-state index in [1.165, 1.54) is 0 Å². The molecule has 0 N–H and O–H groups in total. The minimum Gasteiger partial charge on any atom is -0.486 e. The molecule has 1 fully saturated rings. The predicted molar refractivity (Wildman–Crippen MR) is 106 cm³/mol. The molecule has 28 heavy (non-hydrogen) atoms. The topological polar surface area (TPSA) is 55.8 Å². The van der Waals surface area contributed by atoms with E-state index >= 15 is 0 Å². The third kappa shape index (κ3) is 3.61. The summed E-state index contributed by atoms with van der Waals surface area (Å²) in [5, 5.41) is 0. The van der Waals surface area contributed by atoms with Crippen LogP contribution < -0.4 is 9.47 Å². The van der Waals surface area contributed by atoms with Crippen molar-refractivity contribution in [2.24, 2.45) is 0 Å². The van der Waals surface area contributed by atoms with Crippen LogP contribution in [0.25, 0.3) is 0 Å². The van der Waals surface area contributed by atoms with Crippen LogP contribution in [-0.4, -0.2) is 41.9 Å². The number of para-hydroxylation sites is 2. The summed E-state index contributed by atoms with van der Waals surface area (Å²) in [6, 6.07) is 15.2. The van der Waals surface area contributed by atoms with Gasteiger partial charge in [-0.1, -0.05) is 37.3 Å². The van der Waals surface area contributed by atoms with Gasteiger partial charge in [-0.05, 0) is 30.2 Å². The fourth-order valence-corrected chi connectivity index (χ4v) is 4.05. The second-order valence-electron chi connectivity index (χ2n) is 7.51. The summed E-state index contributed by atoms with van der Waals surface area (Å²) in [6.45, 7) is 3.25. The van der Waals surface area contributed by atoms with Gasteiger partial charge < -0.3 is 14.4 Å². The molecule has 0 radical (unpaired) electrons. The Balaban J connectivity index is 1.35. The average Bonchev–Trinajstić information content (AvgIpc) is 2.72. The number of aryl methyl sites for hydroxylation is 1. The van der Waals surface area contributed by atoms with Crippen LogP contribution in [0.3, 0.4) is 0 Å². The molecule has 2 aliphatic rings. The summed E-state index contributed by atoms with van der Waals surface area (Å²) in [4.78, 5) is 26.9. The first-order valence-electron chi connectivity index (χ1n) is 9.90. The van der Waals surface area contributed by atoms with Gasteiger partial charge in [-0.2, -0.15) is 0 Å². The number of Topliss-reactive ketones (excluding diaryl/α,β-unsaturated/α-hetero) is 1. The Morgan fingerprint density at radius 2 is 1.82 bits per heavy atom. The zero-order valence-electron chi connectivity index (χ0n) is 16.1. The lowest BCUT2D eigenvalue weighted by Gasteiger charge is -2.43. The molecule has 0 unspecified atom stereocenters. The molecule has 1 saturated heterocycles. The van der Waals surface area contributed by atoms with Crippen molar-refractivity contribution in [3.05, 3.63) is 59.7 Å². The van der Waals surface area contributed by atoms with E-state index in [0.29, 0.717) is 43.7 Å². The number of hydrogen-bond donors (Lipinski definition) is 0. The predicted octanol–water partition coefficient (Wildman–Crippen LogP) is 3.65. The Kier molecular flexibility index (Phi) is 5.07. The van der Waals surface area contributed by atoms with Crippen LogP contribution in [-0.2, 0) is 11.2 Å². The Hall–Kier alpha value is -2.82. The molecule has 0 saturated carbocycles. The Morgan fingerprint density at radius 3 is 2.61 bits per heavy atom. The standard InChI is InChI=1S/C23H25NO4/c1-2-17-7-3-5-9-20(17)27-16-22(26)24-13-11-23(12-14-24)15-19(25)18-8-4-6-10-21(18)28-23/h3-10H,2,11-16H2,1H3. The van der Waals surface area contributed by atoms with E-state index in [1.807, 2.05) is 53.4 Å². The number of rotatable bonds is 4. The molecular weight excluding hydrogens is 354 g/mol. The van der Waals surface area contributed by atoms with E-state index in [0.717, 1.165) is 17.7 Å². The molecule has 0 aliphatic carbocycles. The Labute approximate surface area is 165 Å². The number of amides is 1. The van der Waals surface area contributed by atoms with Gasteiger partial charge in [0, 0.05) is 25.9 Å². The van der Waals surface area contributed by atoms with Crippen molar-refractivity contribution in [3.8, 4) is 11.5 Å². The van der Waals surface area contributed by atoms with E-state index in [1.54, 1.807) is 0 Å². The van der Waals surface area contributed by atoms with Crippen molar-refractivity contribution in [1.29, 1.82) is 0 Å². The zero-order chi connectivity index (χ0) is 19.6. The number of likely N-dealkylation sites (tertiary alicyclic amines) is 1. The number of fused-ring (bicyclic) bond motifs is 1. The molecule has 0 aromatic heterocycles. The summed E-state index contributed by atoms with van der Waals surface area (Å²) >= 11 is 0. The first-order chi connectivity index (χ1) is 13.6. The van der Waals surface area contributed by atoms with Gasteiger partial charge in [-0.15, -0.1) is 0 Å². The van der Waals surface area contributed by atoms with Crippen LogP contribution in [0.5, 0.6) is 11.5 Å². The van der Waals surface area contributed by atoms with Crippen molar-refractivity contribution in [3.63, 3.8) is 0 Å². The highest BCUT2D eigenvalue weighted by Gasteiger charge is 2.43. The quantitative estimate of drug-likeness (QED) is 0.814. The summed E-state index contributed by atoms with van der Waals surface area (Å²) in [5.41, 5.74) is 1.27. The SMILES string of the molecule is CCc1ccccc1OCC(=O)N1CCC2(CC1)CC(=O)c1ccccc1O2. The van der Waals surface area contributed by atoms with Gasteiger partial charge in [0.25, 0.3) is 5.91 Å². The maximum Gasteiger partial charge on any atom is 0.260 e. The van der Waals surface area contributed by atoms with E-state index in [-0.39, 0.29) is 18.3 Å². The second kappa shape index (κ2) is 7.66. The lowest BCUT2D eigenvalue weighted by Crippen LogP contribution is -2.53. The largest absolute Gasteiger partial charge is 0.486 e. The van der Waals surface area contributed by atoms with Crippen LogP contribution in [0.15, 0.2) is 48.5 Å². The van der Waals surface area contributed by atoms with Crippen molar-refractivity contribution in [2.45, 2.75) is 38.2 Å². The minimum atomic E-state index is -0.488. The number of benzene rings is 2. The Bertz CT molecular complexity index is 884. The molecule has 2 aromatic carbocycles. The molecular formula is C23H25NO4. The molecule has 0 bridgehead atoms. The summed E-state index contributed by atoms with van der Waals surface area (Å²) in [6.07, 6.45) is 2.56. The van der Waals surface area contributed by atoms with Crippen LogP contribution in [0.4, 0.5) is 0 Å². The molecule has 5 nitrogen and oxygen atoms in total. The molecule has 2 aromatic rings. The smallest absolute Gasteiger partial charge is 0.260 e. The first-order valence-corrected chi connectivity index (χ1v) is 9.90. The highest BCUT2D eigenvalue weighted by Crippen LogP contribution is 2.39. The number of carbonyl (C=O) groups excluding carboxylic acids is 2. The normalized spacial score (nSPS) is 17.8. The van der Waals surface area contributed by atoms with Crippen molar-refractivity contribution in [1.82, 2.24) is 4.90 Å². The second-order valence-corrected chi connectivity index (χ2v) is 7.51. The maximum atomic E-state index is 12.6. The number of hydrogen-bond acceptors (Lipinski definition) is 4. The zero-order valence-corrected chi connectivity index (χ0v) is 16.1. The maximum absolute atomic E-state index is 12.6. The van der Waals surface area contributed by atoms with Gasteiger partial charge >= 0.3 is 0 Å². The number of carbonyl (C=O) groups is 2. The highest BCUT2D eigenvalue weighted by atomic mass is 16.5. The van der Waals surface area contributed by atoms with E-state index in [4.69, 9.17) is 9.47 Å². The fraction of sp³-hybridized carbons (Fsp3) is 0.391. The van der Waals surface area contributed by atoms with Gasteiger partial charge in [-0.25, -0.2) is 0 Å². The lowest BCUT2D eigenvalue weighted by molar-refractivity contribution is -0.136. The molecule has 2 heterocycles. The Morgan fingerprint density at radius 1 is 1.11 bits per heavy atom. The van der Waals surface area contributed by atoms with Gasteiger partial charge in [-0.3, -0.25) is 9.59 Å². The number of piperidine rings is 1. The van der Waals surface area contributed by atoms with Crippen LogP contribution in [0.2, 0.25) is 0 Å². The van der Waals surface area contributed by atoms with E-state index < -0.39 is 5.60 Å². The summed E-state index contributed by atoms with van der Waals surface area (Å²) in [7, 11) is 0. The van der Waals surface area contributed by atoms with Crippen LogP contribution >= 0.6 is 0 Å². The molecule has 0 atom stereocenters. The third-order valence-electron chi connectivity index (χ3n) is 5.73. The fourth-order valence-electron chi connectivity index (χ4n) is 4.05. The minimum absolute atomic E-state index is 0.0247. The highest BCUT2D eigenvalue weighted by molar-refractivity contribution is 6.00. The monoisotopic (exact) mass is 379 g/mol. The van der Waals surface area contributed by atoms with Gasteiger partial charge in [0.15, 0.2) is 12.4 Å². The molecule has 5 heteroatoms. The van der Waals surface area contributed by atoms with Gasteiger partial charge in [0.2, 0.25) is 0 Å².